The average Bonchev–Trinajstić information content (AvgIpc) is 2.47. The molecular weight excluding hydrogens is 260 g/mol. The Kier molecular flexibility index (Phi) is 10.3. The molecule has 0 spiro atoms. The van der Waals surface area contributed by atoms with Crippen molar-refractivity contribution in [3.63, 3.8) is 0 Å². The number of aliphatic hydroxyl groups excluding tert-OH is 1. The summed E-state index contributed by atoms with van der Waals surface area (Å²) >= 11 is 0. The van der Waals surface area contributed by atoms with Crippen LogP contribution in [0.3, 0.4) is 0 Å². The van der Waals surface area contributed by atoms with Gasteiger partial charge in [-0.1, -0.05) is 44.9 Å². The number of hydrogen-bond acceptors (Lipinski definition) is 5. The van der Waals surface area contributed by atoms with E-state index in [0.717, 1.165) is 19.3 Å². The summed E-state index contributed by atoms with van der Waals surface area (Å²) in [5.41, 5.74) is 0. The number of cyclic esters (lactones) is 2. The van der Waals surface area contributed by atoms with E-state index < -0.39 is 6.16 Å². The van der Waals surface area contributed by atoms with Crippen LogP contribution in [0.25, 0.3) is 0 Å². The van der Waals surface area contributed by atoms with Crippen LogP contribution < -0.4 is 0 Å². The normalized spacial score (nSPS) is 15.9. The number of unbranched alkanes of at least 4 members (excludes halogenated alkanes) is 8. The van der Waals surface area contributed by atoms with Gasteiger partial charge in [0, 0.05) is 13.2 Å². The first-order valence-electron chi connectivity index (χ1n) is 7.85. The number of aliphatic hydroxyl groups is 1. The number of carbonyl (C=O) groups is 1. The fraction of sp³-hybridized carbons (Fsp3) is 0.933. The fourth-order valence-corrected chi connectivity index (χ4v) is 2.21. The maximum absolute atomic E-state index is 10.7. The van der Waals surface area contributed by atoms with Crippen molar-refractivity contribution >= 4 is 6.16 Å². The first-order chi connectivity index (χ1) is 9.83. The molecule has 118 valence electrons. The van der Waals surface area contributed by atoms with Crippen molar-refractivity contribution in [1.82, 2.24) is 0 Å². The molecule has 0 unspecified atom stereocenters. The maximum Gasteiger partial charge on any atom is 0.508 e. The smallest absolute Gasteiger partial charge is 0.431 e. The van der Waals surface area contributed by atoms with Gasteiger partial charge in [-0.2, -0.15) is 0 Å². The Morgan fingerprint density at radius 1 is 0.900 bits per heavy atom. The molecule has 0 bridgehead atoms. The summed E-state index contributed by atoms with van der Waals surface area (Å²) in [5, 5.41) is 8.65. The number of rotatable bonds is 12. The van der Waals surface area contributed by atoms with Gasteiger partial charge in [-0.05, 0) is 12.8 Å². The standard InChI is InChI=1S/C15H28O5/c16-10-8-6-4-2-1-3-5-7-9-11-18-14-12-19-15(17)20-13-14/h14,16H,1-13H2. The average molecular weight is 288 g/mol. The minimum absolute atomic E-state index is 0.0979. The third-order valence-corrected chi connectivity index (χ3v) is 3.43. The summed E-state index contributed by atoms with van der Waals surface area (Å²) in [6.07, 6.45) is 9.98. The molecular formula is C15H28O5. The quantitative estimate of drug-likeness (QED) is 0.441. The van der Waals surface area contributed by atoms with Crippen molar-refractivity contribution in [2.24, 2.45) is 0 Å². The van der Waals surface area contributed by atoms with Crippen LogP contribution in [0.1, 0.15) is 57.8 Å². The second kappa shape index (κ2) is 12.0. The molecule has 0 amide bonds. The summed E-state index contributed by atoms with van der Waals surface area (Å²) < 4.78 is 15.1. The minimum Gasteiger partial charge on any atom is -0.431 e. The summed E-state index contributed by atoms with van der Waals surface area (Å²) in [5.74, 6) is 0. The lowest BCUT2D eigenvalue weighted by Crippen LogP contribution is -2.34. The third-order valence-electron chi connectivity index (χ3n) is 3.43. The van der Waals surface area contributed by atoms with Gasteiger partial charge in [-0.15, -0.1) is 0 Å². The number of ether oxygens (including phenoxy) is 3. The molecule has 20 heavy (non-hydrogen) atoms. The zero-order valence-electron chi connectivity index (χ0n) is 12.3. The molecule has 1 heterocycles. The van der Waals surface area contributed by atoms with E-state index in [4.69, 9.17) is 19.3 Å². The molecule has 0 radical (unpaired) electrons. The van der Waals surface area contributed by atoms with E-state index in [-0.39, 0.29) is 6.10 Å². The molecule has 0 saturated carbocycles. The Morgan fingerprint density at radius 2 is 1.40 bits per heavy atom. The van der Waals surface area contributed by atoms with Crippen molar-refractivity contribution in [3.8, 4) is 0 Å². The second-order valence-corrected chi connectivity index (χ2v) is 5.27. The first kappa shape index (κ1) is 17.2. The summed E-state index contributed by atoms with van der Waals surface area (Å²) in [7, 11) is 0. The van der Waals surface area contributed by atoms with E-state index in [1.807, 2.05) is 0 Å². The SMILES string of the molecule is O=C1OCC(OCCCCCCCCCCCO)CO1. The Bertz CT molecular complexity index is 234. The van der Waals surface area contributed by atoms with Gasteiger partial charge >= 0.3 is 6.16 Å². The number of hydrogen-bond donors (Lipinski definition) is 1. The highest BCUT2D eigenvalue weighted by molar-refractivity contribution is 5.60. The molecule has 1 aliphatic heterocycles. The molecule has 0 atom stereocenters. The van der Waals surface area contributed by atoms with Crippen LogP contribution in [0, 0.1) is 0 Å². The van der Waals surface area contributed by atoms with Crippen LogP contribution >= 0.6 is 0 Å². The topological polar surface area (TPSA) is 65.0 Å². The van der Waals surface area contributed by atoms with Crippen LogP contribution in [0.15, 0.2) is 0 Å². The molecule has 1 aliphatic rings. The molecule has 5 heteroatoms. The third kappa shape index (κ3) is 9.15. The van der Waals surface area contributed by atoms with E-state index in [1.165, 1.54) is 38.5 Å². The molecule has 0 aromatic heterocycles. The Balaban J connectivity index is 1.75. The number of carbonyl (C=O) groups excluding carboxylic acids is 1. The van der Waals surface area contributed by atoms with Gasteiger partial charge in [0.15, 0.2) is 0 Å². The molecule has 1 saturated heterocycles. The summed E-state index contributed by atoms with van der Waals surface area (Å²) in [6.45, 7) is 1.66. The molecule has 0 aromatic carbocycles. The van der Waals surface area contributed by atoms with Crippen LogP contribution in [-0.2, 0) is 14.2 Å². The molecule has 0 aliphatic carbocycles. The van der Waals surface area contributed by atoms with Gasteiger partial charge < -0.3 is 19.3 Å². The Morgan fingerprint density at radius 3 is 1.95 bits per heavy atom. The first-order valence-corrected chi connectivity index (χ1v) is 7.85. The summed E-state index contributed by atoms with van der Waals surface area (Å²) in [4.78, 5) is 10.7. The van der Waals surface area contributed by atoms with E-state index in [9.17, 15) is 4.79 Å². The Labute approximate surface area is 121 Å². The van der Waals surface area contributed by atoms with Crippen molar-refractivity contribution in [2.75, 3.05) is 26.4 Å². The van der Waals surface area contributed by atoms with Gasteiger partial charge in [0.2, 0.25) is 0 Å². The fourth-order valence-electron chi connectivity index (χ4n) is 2.21. The predicted molar refractivity (Wildman–Crippen MR) is 75.7 cm³/mol. The van der Waals surface area contributed by atoms with Gasteiger partial charge in [-0.25, -0.2) is 4.79 Å². The van der Waals surface area contributed by atoms with Crippen molar-refractivity contribution in [3.05, 3.63) is 0 Å². The molecule has 1 rings (SSSR count). The van der Waals surface area contributed by atoms with Gasteiger partial charge in [0.05, 0.1) is 0 Å². The van der Waals surface area contributed by atoms with Gasteiger partial charge in [0.25, 0.3) is 0 Å². The van der Waals surface area contributed by atoms with Crippen LogP contribution in [0.5, 0.6) is 0 Å². The lowest BCUT2D eigenvalue weighted by molar-refractivity contribution is -0.0837. The Hall–Kier alpha value is -0.810. The van der Waals surface area contributed by atoms with Crippen molar-refractivity contribution < 1.29 is 24.1 Å². The molecule has 1 N–H and O–H groups in total. The highest BCUT2D eigenvalue weighted by atomic mass is 16.7. The molecule has 1 fully saturated rings. The van der Waals surface area contributed by atoms with Crippen molar-refractivity contribution in [2.45, 2.75) is 63.9 Å². The molecule has 0 aromatic rings. The molecule has 5 nitrogen and oxygen atoms in total. The van der Waals surface area contributed by atoms with Gasteiger partial charge in [-0.3, -0.25) is 0 Å². The van der Waals surface area contributed by atoms with Crippen molar-refractivity contribution in [1.29, 1.82) is 0 Å². The monoisotopic (exact) mass is 288 g/mol. The summed E-state index contributed by atoms with van der Waals surface area (Å²) in [6, 6.07) is 0. The lowest BCUT2D eigenvalue weighted by atomic mass is 10.1. The zero-order chi connectivity index (χ0) is 14.5. The highest BCUT2D eigenvalue weighted by Gasteiger charge is 2.20. The van der Waals surface area contributed by atoms with Crippen LogP contribution in [0.2, 0.25) is 0 Å². The van der Waals surface area contributed by atoms with E-state index in [1.54, 1.807) is 0 Å². The van der Waals surface area contributed by atoms with E-state index in [0.29, 0.717) is 26.4 Å². The van der Waals surface area contributed by atoms with E-state index in [2.05, 4.69) is 0 Å². The van der Waals surface area contributed by atoms with E-state index >= 15 is 0 Å². The van der Waals surface area contributed by atoms with Crippen LogP contribution in [0.4, 0.5) is 4.79 Å². The maximum atomic E-state index is 10.7. The minimum atomic E-state index is -0.594. The lowest BCUT2D eigenvalue weighted by Gasteiger charge is -2.21. The second-order valence-electron chi connectivity index (χ2n) is 5.27. The largest absolute Gasteiger partial charge is 0.508 e. The highest BCUT2D eigenvalue weighted by Crippen LogP contribution is 2.10. The van der Waals surface area contributed by atoms with Crippen LogP contribution in [-0.4, -0.2) is 43.8 Å². The van der Waals surface area contributed by atoms with Gasteiger partial charge in [0.1, 0.15) is 19.3 Å². The predicted octanol–water partition coefficient (Wildman–Crippen LogP) is 3.04. The zero-order valence-corrected chi connectivity index (χ0v) is 12.3.